The number of nitrogens with zero attached hydrogens (tertiary/aromatic N) is 2. The van der Waals surface area contributed by atoms with Crippen LogP contribution in [-0.4, -0.2) is 11.4 Å². The maximum Gasteiger partial charge on any atom is 0.0719 e. The summed E-state index contributed by atoms with van der Waals surface area (Å²) in [6.07, 6.45) is 4.37. The third-order valence-corrected chi connectivity index (χ3v) is 9.63. The molecule has 0 spiro atoms. The van der Waals surface area contributed by atoms with Crippen LogP contribution in [0.5, 0.6) is 0 Å². The van der Waals surface area contributed by atoms with Crippen molar-refractivity contribution in [2.45, 2.75) is 48.3 Å². The first kappa shape index (κ1) is 25.4. The summed E-state index contributed by atoms with van der Waals surface area (Å²) in [6.45, 7) is 8.98. The lowest BCUT2D eigenvalue weighted by molar-refractivity contribution is 0.703. The van der Waals surface area contributed by atoms with E-state index in [9.17, 15) is 0 Å². The number of rotatable bonds is 0. The van der Waals surface area contributed by atoms with Gasteiger partial charge in [0.25, 0.3) is 0 Å². The van der Waals surface area contributed by atoms with Crippen molar-refractivity contribution in [3.63, 3.8) is 0 Å². The number of fused-ring (bicyclic) bond motifs is 12. The second kappa shape index (κ2) is 8.95. The number of thiol groups is 2. The molecule has 2 nitrogen and oxygen atoms in total. The maximum atomic E-state index is 5.31. The molecule has 0 amide bonds. The van der Waals surface area contributed by atoms with Gasteiger partial charge in [0.15, 0.2) is 0 Å². The third kappa shape index (κ3) is 3.66. The van der Waals surface area contributed by atoms with Gasteiger partial charge >= 0.3 is 0 Å². The Morgan fingerprint density at radius 1 is 0.475 bits per heavy atom. The monoisotopic (exact) mass is 554 g/mol. The molecule has 3 heterocycles. The first-order chi connectivity index (χ1) is 19.2. The molecule has 4 aromatic rings. The van der Waals surface area contributed by atoms with Crippen LogP contribution in [0.25, 0.3) is 23.5 Å². The SMILES string of the molecule is CC1(C)C2=NC(=Cc3cccc(c3S)C(C)(C)C3=NC(=Cc4cccc1c4S)c1ccccc13)c1ccccc12. The molecule has 0 aliphatic carbocycles. The van der Waals surface area contributed by atoms with Crippen LogP contribution in [0.3, 0.4) is 0 Å². The molecular weight excluding hydrogens is 525 g/mol. The van der Waals surface area contributed by atoms with Gasteiger partial charge < -0.3 is 0 Å². The highest BCUT2D eigenvalue weighted by Crippen LogP contribution is 2.45. The van der Waals surface area contributed by atoms with E-state index < -0.39 is 0 Å². The largest absolute Gasteiger partial charge is 0.251 e. The molecule has 3 aliphatic rings. The maximum absolute atomic E-state index is 5.31. The second-order valence-electron chi connectivity index (χ2n) is 11.8. The Labute approximate surface area is 247 Å². The summed E-state index contributed by atoms with van der Waals surface area (Å²) in [7, 11) is 0. The van der Waals surface area contributed by atoms with E-state index in [2.05, 4.69) is 125 Å². The molecule has 0 radical (unpaired) electrons. The van der Waals surface area contributed by atoms with Gasteiger partial charge in [-0.25, -0.2) is 0 Å². The van der Waals surface area contributed by atoms with Crippen molar-refractivity contribution in [3.05, 3.63) is 129 Å². The predicted octanol–water partition coefficient (Wildman–Crippen LogP) is 9.13. The lowest BCUT2D eigenvalue weighted by Gasteiger charge is -2.28. The number of aliphatic imine (C=N–C) groups is 2. The molecule has 7 rings (SSSR count). The molecule has 3 aliphatic heterocycles. The molecule has 8 bridgehead atoms. The van der Waals surface area contributed by atoms with E-state index in [0.717, 1.165) is 77.1 Å². The van der Waals surface area contributed by atoms with Crippen LogP contribution in [0.2, 0.25) is 0 Å². The Hall–Kier alpha value is -3.60. The highest BCUT2D eigenvalue weighted by molar-refractivity contribution is 7.80. The Morgan fingerprint density at radius 3 is 1.25 bits per heavy atom. The Kier molecular flexibility index (Phi) is 5.68. The predicted molar refractivity (Wildman–Crippen MR) is 175 cm³/mol. The van der Waals surface area contributed by atoms with Crippen LogP contribution in [0, 0.1) is 0 Å². The van der Waals surface area contributed by atoms with Gasteiger partial charge in [-0.15, -0.1) is 25.3 Å². The highest BCUT2D eigenvalue weighted by atomic mass is 32.1. The average Bonchev–Trinajstić information content (AvgIpc) is 3.50. The van der Waals surface area contributed by atoms with E-state index in [0.29, 0.717) is 0 Å². The summed E-state index contributed by atoms with van der Waals surface area (Å²) in [5.74, 6) is 0. The van der Waals surface area contributed by atoms with E-state index in [1.54, 1.807) is 0 Å². The molecule has 0 fully saturated rings. The van der Waals surface area contributed by atoms with Crippen molar-refractivity contribution in [1.29, 1.82) is 0 Å². The van der Waals surface area contributed by atoms with Gasteiger partial charge in [-0.05, 0) is 34.4 Å². The minimum absolute atomic E-state index is 0.385. The van der Waals surface area contributed by atoms with Gasteiger partial charge in [0.2, 0.25) is 0 Å². The number of hydrogen-bond acceptors (Lipinski definition) is 4. The Bertz CT molecular complexity index is 1730. The van der Waals surface area contributed by atoms with Gasteiger partial charge in [-0.2, -0.15) is 0 Å². The molecular formula is C36H30N2S2. The zero-order valence-electron chi connectivity index (χ0n) is 23.0. The third-order valence-electron chi connectivity index (χ3n) is 8.63. The van der Waals surface area contributed by atoms with Crippen LogP contribution in [0.4, 0.5) is 0 Å². The summed E-state index contributed by atoms with van der Waals surface area (Å²) < 4.78 is 0. The van der Waals surface area contributed by atoms with Crippen molar-refractivity contribution < 1.29 is 0 Å². The van der Waals surface area contributed by atoms with E-state index >= 15 is 0 Å². The molecule has 0 aromatic heterocycles. The van der Waals surface area contributed by atoms with Crippen LogP contribution in [0.15, 0.2) is 105 Å². The molecule has 196 valence electrons. The molecule has 4 aromatic carbocycles. The van der Waals surface area contributed by atoms with E-state index in [4.69, 9.17) is 35.2 Å². The molecule has 0 saturated heterocycles. The van der Waals surface area contributed by atoms with Crippen molar-refractivity contribution in [3.8, 4) is 0 Å². The first-order valence-corrected chi connectivity index (χ1v) is 14.5. The van der Waals surface area contributed by atoms with Crippen LogP contribution in [-0.2, 0) is 10.8 Å². The zero-order valence-corrected chi connectivity index (χ0v) is 24.8. The minimum Gasteiger partial charge on any atom is -0.251 e. The Balaban J connectivity index is 1.59. The van der Waals surface area contributed by atoms with Gasteiger partial charge in [0, 0.05) is 42.9 Å². The van der Waals surface area contributed by atoms with E-state index in [1.807, 2.05) is 0 Å². The quantitative estimate of drug-likeness (QED) is 0.203. The van der Waals surface area contributed by atoms with Crippen LogP contribution < -0.4 is 0 Å². The molecule has 4 heteroatoms. The van der Waals surface area contributed by atoms with Crippen molar-refractivity contribution in [2.75, 3.05) is 0 Å². The van der Waals surface area contributed by atoms with E-state index in [1.165, 1.54) is 0 Å². The number of benzene rings is 4. The normalized spacial score (nSPS) is 17.8. The van der Waals surface area contributed by atoms with E-state index in [-0.39, 0.29) is 10.8 Å². The van der Waals surface area contributed by atoms with Crippen LogP contribution in [0.1, 0.15) is 72.2 Å². The van der Waals surface area contributed by atoms with Gasteiger partial charge in [-0.3, -0.25) is 9.98 Å². The van der Waals surface area contributed by atoms with Crippen LogP contribution >= 0.6 is 25.3 Å². The molecule has 0 unspecified atom stereocenters. The average molecular weight is 555 g/mol. The fourth-order valence-electron chi connectivity index (χ4n) is 6.39. The van der Waals surface area contributed by atoms with Gasteiger partial charge in [0.05, 0.1) is 22.8 Å². The fourth-order valence-corrected chi connectivity index (χ4v) is 7.38. The molecule has 0 N–H and O–H groups in total. The first-order valence-electron chi connectivity index (χ1n) is 13.6. The summed E-state index contributed by atoms with van der Waals surface area (Å²) in [5.41, 5.74) is 12.2. The van der Waals surface area contributed by atoms with Crippen molar-refractivity contribution in [2.24, 2.45) is 9.98 Å². The van der Waals surface area contributed by atoms with Gasteiger partial charge in [-0.1, -0.05) is 113 Å². The summed E-state index contributed by atoms with van der Waals surface area (Å²) in [5, 5.41) is 0. The minimum atomic E-state index is -0.385. The highest BCUT2D eigenvalue weighted by Gasteiger charge is 2.38. The fraction of sp³-hybridized carbons (Fsp3) is 0.167. The molecule has 40 heavy (non-hydrogen) atoms. The second-order valence-corrected chi connectivity index (χ2v) is 12.7. The topological polar surface area (TPSA) is 24.7 Å². The zero-order chi connectivity index (χ0) is 27.8. The smallest absolute Gasteiger partial charge is 0.0719 e. The lowest BCUT2D eigenvalue weighted by atomic mass is 9.76. The summed E-state index contributed by atoms with van der Waals surface area (Å²) in [4.78, 5) is 12.5. The Morgan fingerprint density at radius 2 is 0.850 bits per heavy atom. The number of hydrogen-bond donors (Lipinski definition) is 2. The lowest BCUT2D eigenvalue weighted by Crippen LogP contribution is -2.29. The molecule has 0 atom stereocenters. The van der Waals surface area contributed by atoms with Crippen molar-refractivity contribution in [1.82, 2.24) is 0 Å². The summed E-state index contributed by atoms with van der Waals surface area (Å²) in [6, 6.07) is 29.9. The van der Waals surface area contributed by atoms with Crippen molar-refractivity contribution >= 4 is 60.2 Å². The summed E-state index contributed by atoms with van der Waals surface area (Å²) >= 11 is 10.3. The standard InChI is InChI=1S/C36H30N2S2/c1-35(2)27-17-9-11-21(31(27)39)19-30-24-14-6-8-16-26(24)34(38-30)36(3,4)28-18-10-12-22(32(28)40)20-29-23-13-5-7-15-25(23)33(35)37-29/h5-20,39-40H,1-4H3. The molecule has 0 saturated carbocycles. The van der Waals surface area contributed by atoms with Gasteiger partial charge in [0.1, 0.15) is 0 Å².